The van der Waals surface area contributed by atoms with Crippen molar-refractivity contribution < 1.29 is 4.79 Å². The summed E-state index contributed by atoms with van der Waals surface area (Å²) in [6.07, 6.45) is 1.15. The first-order valence-corrected chi connectivity index (χ1v) is 7.40. The molecule has 0 radical (unpaired) electrons. The van der Waals surface area contributed by atoms with Crippen LogP contribution in [0.3, 0.4) is 0 Å². The Morgan fingerprint density at radius 2 is 2.10 bits per heavy atom. The fourth-order valence-electron chi connectivity index (χ4n) is 2.66. The maximum Gasteiger partial charge on any atom is 0.241 e. The fourth-order valence-corrected chi connectivity index (χ4v) is 2.66. The summed E-state index contributed by atoms with van der Waals surface area (Å²) in [6, 6.07) is 9.52. The third-order valence-electron chi connectivity index (χ3n) is 4.05. The topological polar surface area (TPSA) is 58.4 Å². The van der Waals surface area contributed by atoms with Crippen molar-refractivity contribution in [2.45, 2.75) is 32.4 Å². The third-order valence-corrected chi connectivity index (χ3v) is 4.05. The summed E-state index contributed by atoms with van der Waals surface area (Å²) >= 11 is 0. The van der Waals surface area contributed by atoms with E-state index in [0.29, 0.717) is 12.0 Å². The van der Waals surface area contributed by atoms with Gasteiger partial charge in [0.25, 0.3) is 0 Å². The summed E-state index contributed by atoms with van der Waals surface area (Å²) in [6.45, 7) is 7.35. The van der Waals surface area contributed by atoms with Crippen molar-refractivity contribution in [3.8, 4) is 0 Å². The zero-order chi connectivity index (χ0) is 14.5. The van der Waals surface area contributed by atoms with E-state index in [1.165, 1.54) is 0 Å². The maximum atomic E-state index is 12.1. The van der Waals surface area contributed by atoms with E-state index in [9.17, 15) is 4.79 Å². The van der Waals surface area contributed by atoms with Gasteiger partial charge in [-0.25, -0.2) is 0 Å². The van der Waals surface area contributed by atoms with E-state index in [-0.39, 0.29) is 5.91 Å². The number of nitrogens with zero attached hydrogens (tertiary/aromatic N) is 1. The van der Waals surface area contributed by atoms with Crippen LogP contribution in [0.4, 0.5) is 0 Å². The molecule has 1 aliphatic heterocycles. The molecule has 1 aromatic rings. The molecule has 0 bridgehead atoms. The highest BCUT2D eigenvalue weighted by Crippen LogP contribution is 2.18. The van der Waals surface area contributed by atoms with Crippen LogP contribution in [0.1, 0.15) is 31.9 Å². The van der Waals surface area contributed by atoms with Crippen molar-refractivity contribution in [2.24, 2.45) is 11.7 Å². The normalized spacial score (nSPS) is 21.1. The summed E-state index contributed by atoms with van der Waals surface area (Å²) in [5.41, 5.74) is 6.84. The number of likely N-dealkylation sites (tertiary alicyclic amines) is 1. The lowest BCUT2D eigenvalue weighted by molar-refractivity contribution is -0.122. The maximum absolute atomic E-state index is 12.1. The molecule has 0 saturated carbocycles. The fraction of sp³-hybridized carbons (Fsp3) is 0.562. The molecular formula is C16H25N3O. The van der Waals surface area contributed by atoms with Crippen LogP contribution in [0.5, 0.6) is 0 Å². The van der Waals surface area contributed by atoms with Gasteiger partial charge in [0.15, 0.2) is 0 Å². The minimum Gasteiger partial charge on any atom is -0.354 e. The van der Waals surface area contributed by atoms with Crippen molar-refractivity contribution in [3.05, 3.63) is 35.9 Å². The standard InChI is InChI=1S/C16H25N3O/c1-12(2)19-9-8-13(11-19)10-18-16(20)15(17)14-6-4-3-5-7-14/h3-7,12-13,15H,8-11,17H2,1-2H3,(H,18,20)/t13?,15-/m0/s1. The molecule has 110 valence electrons. The minimum absolute atomic E-state index is 0.0841. The van der Waals surface area contributed by atoms with E-state index < -0.39 is 6.04 Å². The Labute approximate surface area is 121 Å². The lowest BCUT2D eigenvalue weighted by Crippen LogP contribution is -2.38. The molecule has 20 heavy (non-hydrogen) atoms. The van der Waals surface area contributed by atoms with Crippen molar-refractivity contribution in [3.63, 3.8) is 0 Å². The number of hydrogen-bond donors (Lipinski definition) is 2. The molecule has 0 aliphatic carbocycles. The molecule has 4 heteroatoms. The zero-order valence-corrected chi connectivity index (χ0v) is 12.4. The highest BCUT2D eigenvalue weighted by molar-refractivity contribution is 5.82. The Kier molecular flexibility index (Phi) is 5.15. The predicted octanol–water partition coefficient (Wildman–Crippen LogP) is 1.53. The minimum atomic E-state index is -0.571. The Bertz CT molecular complexity index is 433. The van der Waals surface area contributed by atoms with Gasteiger partial charge >= 0.3 is 0 Å². The summed E-state index contributed by atoms with van der Waals surface area (Å²) < 4.78 is 0. The SMILES string of the molecule is CC(C)N1CCC(CNC(=O)[C@@H](N)c2ccccc2)C1. The number of rotatable bonds is 5. The van der Waals surface area contributed by atoms with E-state index in [2.05, 4.69) is 24.1 Å². The second-order valence-corrected chi connectivity index (χ2v) is 5.88. The average Bonchev–Trinajstić information content (AvgIpc) is 2.94. The Balaban J connectivity index is 1.78. The summed E-state index contributed by atoms with van der Waals surface area (Å²) in [5.74, 6) is 0.462. The second-order valence-electron chi connectivity index (χ2n) is 5.88. The van der Waals surface area contributed by atoms with E-state index in [1.807, 2.05) is 30.3 Å². The lowest BCUT2D eigenvalue weighted by atomic mass is 10.1. The van der Waals surface area contributed by atoms with Crippen LogP contribution in [0, 0.1) is 5.92 Å². The van der Waals surface area contributed by atoms with Gasteiger partial charge in [0.05, 0.1) is 0 Å². The monoisotopic (exact) mass is 275 g/mol. The van der Waals surface area contributed by atoms with Crippen molar-refractivity contribution >= 4 is 5.91 Å². The Morgan fingerprint density at radius 1 is 1.40 bits per heavy atom. The number of benzene rings is 1. The molecule has 0 spiro atoms. The summed E-state index contributed by atoms with van der Waals surface area (Å²) in [5, 5.41) is 2.99. The molecule has 1 aliphatic rings. The molecule has 2 rings (SSSR count). The van der Waals surface area contributed by atoms with Gasteiger partial charge < -0.3 is 16.0 Å². The highest BCUT2D eigenvalue weighted by atomic mass is 16.2. The van der Waals surface area contributed by atoms with E-state index in [4.69, 9.17) is 5.73 Å². The molecule has 1 saturated heterocycles. The number of carbonyl (C=O) groups excluding carboxylic acids is 1. The highest BCUT2D eigenvalue weighted by Gasteiger charge is 2.25. The number of nitrogens with one attached hydrogen (secondary N) is 1. The van der Waals surface area contributed by atoms with E-state index >= 15 is 0 Å². The Hall–Kier alpha value is -1.39. The zero-order valence-electron chi connectivity index (χ0n) is 12.4. The largest absolute Gasteiger partial charge is 0.354 e. The van der Waals surface area contributed by atoms with Gasteiger partial charge in [-0.1, -0.05) is 30.3 Å². The lowest BCUT2D eigenvalue weighted by Gasteiger charge is -2.20. The first kappa shape index (κ1) is 15.0. The molecule has 1 amide bonds. The van der Waals surface area contributed by atoms with Gasteiger partial charge in [-0.05, 0) is 38.3 Å². The van der Waals surface area contributed by atoms with Gasteiger partial charge in [0.2, 0.25) is 5.91 Å². The van der Waals surface area contributed by atoms with Gasteiger partial charge in [0.1, 0.15) is 6.04 Å². The molecule has 0 aromatic heterocycles. The summed E-state index contributed by atoms with van der Waals surface area (Å²) in [4.78, 5) is 14.5. The molecule has 1 heterocycles. The molecule has 3 N–H and O–H groups in total. The van der Waals surface area contributed by atoms with Crippen LogP contribution >= 0.6 is 0 Å². The molecule has 1 unspecified atom stereocenters. The number of carbonyl (C=O) groups is 1. The van der Waals surface area contributed by atoms with E-state index in [0.717, 1.165) is 31.6 Å². The quantitative estimate of drug-likeness (QED) is 0.857. The van der Waals surface area contributed by atoms with Crippen molar-refractivity contribution in [1.29, 1.82) is 0 Å². The van der Waals surface area contributed by atoms with Crippen LogP contribution in [0.15, 0.2) is 30.3 Å². The number of amides is 1. The first-order valence-electron chi connectivity index (χ1n) is 7.40. The van der Waals surface area contributed by atoms with Crippen LogP contribution < -0.4 is 11.1 Å². The second kappa shape index (κ2) is 6.86. The molecule has 4 nitrogen and oxygen atoms in total. The van der Waals surface area contributed by atoms with Crippen molar-refractivity contribution in [1.82, 2.24) is 10.2 Å². The van der Waals surface area contributed by atoms with Gasteiger partial charge in [-0.2, -0.15) is 0 Å². The van der Waals surface area contributed by atoms with E-state index in [1.54, 1.807) is 0 Å². The van der Waals surface area contributed by atoms with Gasteiger partial charge in [0, 0.05) is 19.1 Å². The van der Waals surface area contributed by atoms with Crippen LogP contribution in [0.2, 0.25) is 0 Å². The Morgan fingerprint density at radius 3 is 2.70 bits per heavy atom. The molecule has 2 atom stereocenters. The van der Waals surface area contributed by atoms with Crippen LogP contribution in [-0.4, -0.2) is 36.5 Å². The molecule has 1 fully saturated rings. The van der Waals surface area contributed by atoms with Crippen LogP contribution in [0.25, 0.3) is 0 Å². The average molecular weight is 275 g/mol. The number of hydrogen-bond acceptors (Lipinski definition) is 3. The van der Waals surface area contributed by atoms with Gasteiger partial charge in [-0.3, -0.25) is 4.79 Å². The smallest absolute Gasteiger partial charge is 0.241 e. The third kappa shape index (κ3) is 3.81. The van der Waals surface area contributed by atoms with Gasteiger partial charge in [-0.15, -0.1) is 0 Å². The van der Waals surface area contributed by atoms with Crippen molar-refractivity contribution in [2.75, 3.05) is 19.6 Å². The summed E-state index contributed by atoms with van der Waals surface area (Å²) in [7, 11) is 0. The number of nitrogens with two attached hydrogens (primary N) is 1. The predicted molar refractivity (Wildman–Crippen MR) is 81.2 cm³/mol. The molecule has 1 aromatic carbocycles. The molecular weight excluding hydrogens is 250 g/mol. The first-order chi connectivity index (χ1) is 9.58. The van der Waals surface area contributed by atoms with Crippen LogP contribution in [-0.2, 0) is 4.79 Å².